The molecule has 3 aromatic rings. The fourth-order valence-corrected chi connectivity index (χ4v) is 4.76. The van der Waals surface area contributed by atoms with Crippen molar-refractivity contribution >= 4 is 32.6 Å². The quantitative estimate of drug-likeness (QED) is 0.657. The molecule has 2 aromatic carbocycles. The summed E-state index contributed by atoms with van der Waals surface area (Å²) in [6.07, 6.45) is 0. The van der Waals surface area contributed by atoms with Crippen molar-refractivity contribution in [3.63, 3.8) is 0 Å². The van der Waals surface area contributed by atoms with Crippen LogP contribution in [0.15, 0.2) is 36.4 Å². The number of rotatable bonds is 6. The summed E-state index contributed by atoms with van der Waals surface area (Å²) in [5.74, 6) is 0.708. The second-order valence-corrected chi connectivity index (χ2v) is 8.67. The van der Waals surface area contributed by atoms with E-state index in [0.717, 1.165) is 49.1 Å². The second-order valence-electron chi connectivity index (χ2n) is 7.66. The Morgan fingerprint density at radius 1 is 1.10 bits per heavy atom. The third-order valence-electron chi connectivity index (χ3n) is 5.78. The Balaban J connectivity index is 1.25. The number of nitrogens with zero attached hydrogens (tertiary/aromatic N) is 3. The number of nitrogens with one attached hydrogen (secondary N) is 1. The lowest BCUT2D eigenvalue weighted by atomic mass is 10.1. The molecule has 1 aliphatic heterocycles. The van der Waals surface area contributed by atoms with E-state index in [1.165, 1.54) is 15.8 Å². The number of methoxy groups -OCH3 is 1. The van der Waals surface area contributed by atoms with Crippen molar-refractivity contribution in [2.75, 3.05) is 51.3 Å². The van der Waals surface area contributed by atoms with E-state index in [2.05, 4.69) is 41.1 Å². The van der Waals surface area contributed by atoms with Crippen LogP contribution in [0.4, 0.5) is 5.13 Å². The Kier molecular flexibility index (Phi) is 6.20. The fraction of sp³-hybridized carbons (Fsp3) is 0.391. The fourth-order valence-electron chi connectivity index (χ4n) is 3.68. The van der Waals surface area contributed by atoms with Gasteiger partial charge in [-0.15, -0.1) is 0 Å². The molecule has 0 radical (unpaired) electrons. The van der Waals surface area contributed by atoms with Crippen LogP contribution in [0.1, 0.15) is 21.5 Å². The van der Waals surface area contributed by atoms with E-state index in [1.807, 2.05) is 0 Å². The minimum atomic E-state index is -0.0450. The van der Waals surface area contributed by atoms with Crippen molar-refractivity contribution in [1.29, 1.82) is 0 Å². The number of aromatic nitrogens is 1. The Bertz CT molecular complexity index is 1020. The lowest BCUT2D eigenvalue weighted by Crippen LogP contribution is -2.48. The van der Waals surface area contributed by atoms with Crippen LogP contribution in [0.2, 0.25) is 0 Å². The summed E-state index contributed by atoms with van der Waals surface area (Å²) < 4.78 is 6.39. The van der Waals surface area contributed by atoms with Crippen molar-refractivity contribution in [2.24, 2.45) is 0 Å². The lowest BCUT2D eigenvalue weighted by Gasteiger charge is -2.34. The molecule has 158 valence electrons. The van der Waals surface area contributed by atoms with Crippen molar-refractivity contribution in [3.05, 3.63) is 53.1 Å². The topological polar surface area (TPSA) is 57.7 Å². The zero-order chi connectivity index (χ0) is 21.1. The zero-order valence-corrected chi connectivity index (χ0v) is 18.6. The Morgan fingerprint density at radius 2 is 1.83 bits per heavy atom. The highest BCUT2D eigenvalue weighted by Gasteiger charge is 2.20. The molecular formula is C23H28N4O2S. The highest BCUT2D eigenvalue weighted by Crippen LogP contribution is 2.32. The monoisotopic (exact) mass is 424 g/mol. The van der Waals surface area contributed by atoms with Gasteiger partial charge in [-0.05, 0) is 55.3 Å². The van der Waals surface area contributed by atoms with Crippen molar-refractivity contribution in [1.82, 2.24) is 15.2 Å². The predicted molar refractivity (Wildman–Crippen MR) is 123 cm³/mol. The Labute approximate surface area is 181 Å². The molecule has 0 unspecified atom stereocenters. The molecule has 1 amide bonds. The lowest BCUT2D eigenvalue weighted by molar-refractivity contribution is 0.0947. The number of thiazole rings is 1. The molecule has 1 saturated heterocycles. The first-order valence-corrected chi connectivity index (χ1v) is 11.1. The number of anilines is 1. The summed E-state index contributed by atoms with van der Waals surface area (Å²) in [7, 11) is 1.62. The third-order valence-corrected chi connectivity index (χ3v) is 6.86. The minimum absolute atomic E-state index is 0.0450. The zero-order valence-electron chi connectivity index (χ0n) is 17.8. The number of aryl methyl sites for hydroxylation is 2. The molecule has 30 heavy (non-hydrogen) atoms. The van der Waals surface area contributed by atoms with Crippen molar-refractivity contribution < 1.29 is 9.53 Å². The van der Waals surface area contributed by atoms with Gasteiger partial charge in [0.25, 0.3) is 5.91 Å². The number of hydrogen-bond donors (Lipinski definition) is 1. The Morgan fingerprint density at radius 3 is 2.53 bits per heavy atom. The van der Waals surface area contributed by atoms with Crippen LogP contribution in [-0.2, 0) is 0 Å². The van der Waals surface area contributed by atoms with E-state index in [4.69, 9.17) is 9.72 Å². The highest BCUT2D eigenvalue weighted by molar-refractivity contribution is 7.22. The maximum absolute atomic E-state index is 12.3. The number of benzene rings is 2. The molecule has 0 atom stereocenters. The Hall–Kier alpha value is -2.64. The van der Waals surface area contributed by atoms with E-state index in [0.29, 0.717) is 12.1 Å². The summed E-state index contributed by atoms with van der Waals surface area (Å²) >= 11 is 1.78. The van der Waals surface area contributed by atoms with Gasteiger partial charge < -0.3 is 15.0 Å². The number of piperazine rings is 1. The van der Waals surface area contributed by atoms with Crippen LogP contribution in [-0.4, -0.2) is 62.2 Å². The van der Waals surface area contributed by atoms with Crippen LogP contribution >= 0.6 is 11.3 Å². The van der Waals surface area contributed by atoms with Gasteiger partial charge in [-0.2, -0.15) is 0 Å². The molecule has 0 spiro atoms. The largest absolute Gasteiger partial charge is 0.497 e. The SMILES string of the molecule is COc1ccc(C(=O)NCCN2CCN(c3nc4c(C)c(C)ccc4s3)CC2)cc1. The molecular weight excluding hydrogens is 396 g/mol. The summed E-state index contributed by atoms with van der Waals surface area (Å²) in [4.78, 5) is 22.0. The minimum Gasteiger partial charge on any atom is -0.497 e. The average Bonchev–Trinajstić information content (AvgIpc) is 3.22. The molecule has 1 N–H and O–H groups in total. The van der Waals surface area contributed by atoms with Crippen LogP contribution in [0.5, 0.6) is 5.75 Å². The normalized spacial score (nSPS) is 14.8. The van der Waals surface area contributed by atoms with E-state index in [-0.39, 0.29) is 5.91 Å². The first kappa shape index (κ1) is 20.6. The number of amides is 1. The first-order chi connectivity index (χ1) is 14.5. The van der Waals surface area contributed by atoms with Gasteiger partial charge in [0, 0.05) is 44.8 Å². The van der Waals surface area contributed by atoms with E-state index >= 15 is 0 Å². The molecule has 2 heterocycles. The molecule has 0 bridgehead atoms. The maximum Gasteiger partial charge on any atom is 0.251 e. The second kappa shape index (κ2) is 9.02. The van der Waals surface area contributed by atoms with E-state index in [9.17, 15) is 4.79 Å². The van der Waals surface area contributed by atoms with Gasteiger partial charge in [-0.1, -0.05) is 17.4 Å². The van der Waals surface area contributed by atoms with Crippen LogP contribution in [0.3, 0.4) is 0 Å². The predicted octanol–water partition coefficient (Wildman–Crippen LogP) is 3.47. The number of fused-ring (bicyclic) bond motifs is 1. The number of hydrogen-bond acceptors (Lipinski definition) is 6. The molecule has 0 saturated carbocycles. The van der Waals surface area contributed by atoms with Gasteiger partial charge >= 0.3 is 0 Å². The molecule has 6 nitrogen and oxygen atoms in total. The maximum atomic E-state index is 12.3. The van der Waals surface area contributed by atoms with Crippen LogP contribution in [0, 0.1) is 13.8 Å². The van der Waals surface area contributed by atoms with Crippen LogP contribution in [0.25, 0.3) is 10.2 Å². The van der Waals surface area contributed by atoms with Gasteiger partial charge in [-0.3, -0.25) is 9.69 Å². The molecule has 1 aliphatic rings. The van der Waals surface area contributed by atoms with Gasteiger partial charge in [-0.25, -0.2) is 4.98 Å². The van der Waals surface area contributed by atoms with Gasteiger partial charge in [0.15, 0.2) is 5.13 Å². The standard InChI is InChI=1S/C23H28N4O2S/c1-16-4-9-20-21(17(16)2)25-23(30-20)27-14-12-26(13-15-27)11-10-24-22(28)18-5-7-19(29-3)8-6-18/h4-9H,10-15H2,1-3H3,(H,24,28). The number of ether oxygens (including phenoxy) is 1. The van der Waals surface area contributed by atoms with E-state index in [1.54, 1.807) is 42.7 Å². The van der Waals surface area contributed by atoms with Gasteiger partial charge in [0.05, 0.1) is 17.3 Å². The molecule has 4 rings (SSSR count). The van der Waals surface area contributed by atoms with Crippen molar-refractivity contribution in [3.8, 4) is 5.75 Å². The summed E-state index contributed by atoms with van der Waals surface area (Å²) in [5, 5.41) is 4.13. The van der Waals surface area contributed by atoms with Gasteiger partial charge in [0.1, 0.15) is 5.75 Å². The number of carbonyl (C=O) groups is 1. The van der Waals surface area contributed by atoms with E-state index < -0.39 is 0 Å². The summed E-state index contributed by atoms with van der Waals surface area (Å²) in [6.45, 7) is 9.67. The summed E-state index contributed by atoms with van der Waals surface area (Å²) in [5.41, 5.74) is 4.36. The first-order valence-electron chi connectivity index (χ1n) is 10.3. The van der Waals surface area contributed by atoms with Crippen LogP contribution < -0.4 is 15.0 Å². The number of carbonyl (C=O) groups excluding carboxylic acids is 1. The third kappa shape index (κ3) is 4.42. The molecule has 7 heteroatoms. The molecule has 1 aromatic heterocycles. The van der Waals surface area contributed by atoms with Gasteiger partial charge in [0.2, 0.25) is 0 Å². The molecule has 1 fully saturated rings. The smallest absolute Gasteiger partial charge is 0.251 e. The molecule has 0 aliphatic carbocycles. The highest BCUT2D eigenvalue weighted by atomic mass is 32.1. The summed E-state index contributed by atoms with van der Waals surface area (Å²) in [6, 6.07) is 11.5. The van der Waals surface area contributed by atoms with Crippen molar-refractivity contribution in [2.45, 2.75) is 13.8 Å². The average molecular weight is 425 g/mol.